The number of piperazine rings is 1. The van der Waals surface area contributed by atoms with E-state index in [2.05, 4.69) is 21.2 Å². The number of carbonyl (C=O) groups excluding carboxylic acids is 1. The highest BCUT2D eigenvalue weighted by Crippen LogP contribution is 2.21. The number of H-pyrrole nitrogens is 1. The second kappa shape index (κ2) is 7.68. The van der Waals surface area contributed by atoms with Crippen LogP contribution in [0.4, 0.5) is 0 Å². The highest BCUT2D eigenvalue weighted by molar-refractivity contribution is 5.83. The minimum Gasteiger partial charge on any atom is -0.338 e. The zero-order chi connectivity index (χ0) is 18.7. The van der Waals surface area contributed by atoms with Gasteiger partial charge in [-0.25, -0.2) is 0 Å². The number of nitrogens with two attached hydrogens (primary N) is 1. The Hall–Kier alpha value is -2.69. The number of aromatic nitrogens is 2. The predicted molar refractivity (Wildman–Crippen MR) is 98.0 cm³/mol. The summed E-state index contributed by atoms with van der Waals surface area (Å²) in [5.41, 5.74) is 10.4. The van der Waals surface area contributed by atoms with Crippen LogP contribution in [0.5, 0.6) is 0 Å². The van der Waals surface area contributed by atoms with Gasteiger partial charge in [-0.1, -0.05) is 18.2 Å². The molecule has 0 unspecified atom stereocenters. The number of rotatable bonds is 4. The summed E-state index contributed by atoms with van der Waals surface area (Å²) in [4.78, 5) is 16.9. The summed E-state index contributed by atoms with van der Waals surface area (Å²) in [6, 6.07) is 9.20. The van der Waals surface area contributed by atoms with Gasteiger partial charge < -0.3 is 10.6 Å². The quantitative estimate of drug-likeness (QED) is 0.862. The molecule has 1 aromatic carbocycles. The van der Waals surface area contributed by atoms with Gasteiger partial charge in [0, 0.05) is 44.0 Å². The molecule has 1 aromatic heterocycles. The molecule has 0 aliphatic carbocycles. The summed E-state index contributed by atoms with van der Waals surface area (Å²) in [6.07, 6.45) is 0. The van der Waals surface area contributed by atoms with E-state index in [9.17, 15) is 10.1 Å². The molecular formula is C19H24N6O. The third-order valence-electron chi connectivity index (χ3n) is 4.98. The van der Waals surface area contributed by atoms with Crippen LogP contribution in [0.15, 0.2) is 24.3 Å². The maximum absolute atomic E-state index is 12.8. The van der Waals surface area contributed by atoms with Gasteiger partial charge in [0.15, 0.2) is 0 Å². The van der Waals surface area contributed by atoms with E-state index in [0.717, 1.165) is 42.1 Å². The molecule has 7 heteroatoms. The fourth-order valence-electron chi connectivity index (χ4n) is 3.47. The monoisotopic (exact) mass is 352 g/mol. The van der Waals surface area contributed by atoms with Gasteiger partial charge in [-0.2, -0.15) is 10.4 Å². The van der Waals surface area contributed by atoms with E-state index in [0.29, 0.717) is 18.7 Å². The third-order valence-corrected chi connectivity index (χ3v) is 4.98. The maximum atomic E-state index is 12.8. The summed E-state index contributed by atoms with van der Waals surface area (Å²) in [5, 5.41) is 16.2. The lowest BCUT2D eigenvalue weighted by atomic mass is 10.0. The van der Waals surface area contributed by atoms with Crippen molar-refractivity contribution >= 4 is 5.91 Å². The van der Waals surface area contributed by atoms with Gasteiger partial charge in [0.2, 0.25) is 5.91 Å². The second-order valence-electron chi connectivity index (χ2n) is 6.70. The smallest absolute Gasteiger partial charge is 0.244 e. The number of nitrogens with zero attached hydrogens (tertiary/aromatic N) is 4. The van der Waals surface area contributed by atoms with Gasteiger partial charge in [-0.15, -0.1) is 0 Å². The van der Waals surface area contributed by atoms with E-state index in [1.54, 1.807) is 0 Å². The van der Waals surface area contributed by atoms with E-state index in [-0.39, 0.29) is 5.91 Å². The molecule has 1 aliphatic heterocycles. The van der Waals surface area contributed by atoms with Gasteiger partial charge in [0.1, 0.15) is 6.04 Å². The number of aryl methyl sites for hydroxylation is 2. The van der Waals surface area contributed by atoms with Crippen LogP contribution in [-0.4, -0.2) is 52.1 Å². The SMILES string of the molecule is Cc1n[nH]c(C)c1[C@@H](N)C(=O)N1CCN(Cc2ccccc2C#N)CC1. The molecule has 1 fully saturated rings. The topological polar surface area (TPSA) is 102 Å². The minimum absolute atomic E-state index is 0.0605. The second-order valence-corrected chi connectivity index (χ2v) is 6.70. The number of carbonyl (C=O) groups is 1. The van der Waals surface area contributed by atoms with E-state index in [1.165, 1.54) is 0 Å². The van der Waals surface area contributed by atoms with E-state index < -0.39 is 6.04 Å². The zero-order valence-electron chi connectivity index (χ0n) is 15.2. The van der Waals surface area contributed by atoms with Crippen LogP contribution >= 0.6 is 0 Å². The minimum atomic E-state index is -0.681. The van der Waals surface area contributed by atoms with E-state index in [4.69, 9.17) is 5.73 Å². The van der Waals surface area contributed by atoms with Crippen molar-refractivity contribution in [2.75, 3.05) is 26.2 Å². The van der Waals surface area contributed by atoms with Crippen molar-refractivity contribution in [1.82, 2.24) is 20.0 Å². The fraction of sp³-hybridized carbons (Fsp3) is 0.421. The molecular weight excluding hydrogens is 328 g/mol. The molecule has 0 saturated carbocycles. The van der Waals surface area contributed by atoms with Crippen molar-refractivity contribution < 1.29 is 4.79 Å². The van der Waals surface area contributed by atoms with Gasteiger partial charge in [0.25, 0.3) is 0 Å². The van der Waals surface area contributed by atoms with Gasteiger partial charge in [-0.05, 0) is 25.5 Å². The number of benzene rings is 1. The summed E-state index contributed by atoms with van der Waals surface area (Å²) in [5.74, 6) is -0.0605. The van der Waals surface area contributed by atoms with E-state index >= 15 is 0 Å². The molecule has 1 atom stereocenters. The molecule has 7 nitrogen and oxygen atoms in total. The Balaban J connectivity index is 1.60. The Kier molecular flexibility index (Phi) is 5.35. The Morgan fingerprint density at radius 3 is 2.62 bits per heavy atom. The summed E-state index contributed by atoms with van der Waals surface area (Å²) >= 11 is 0. The van der Waals surface area contributed by atoms with Crippen molar-refractivity contribution in [3.8, 4) is 6.07 Å². The Labute approximate surface area is 153 Å². The molecule has 0 radical (unpaired) electrons. The van der Waals surface area contributed by atoms with E-state index in [1.807, 2.05) is 43.0 Å². The molecule has 2 heterocycles. The van der Waals surface area contributed by atoms with Gasteiger partial charge >= 0.3 is 0 Å². The Morgan fingerprint density at radius 2 is 2.00 bits per heavy atom. The van der Waals surface area contributed by atoms with Crippen LogP contribution in [0.2, 0.25) is 0 Å². The fourth-order valence-corrected chi connectivity index (χ4v) is 3.47. The van der Waals surface area contributed by atoms with Gasteiger partial charge in [0.05, 0.1) is 17.3 Å². The van der Waals surface area contributed by atoms with Crippen LogP contribution in [0.1, 0.15) is 34.1 Å². The summed E-state index contributed by atoms with van der Waals surface area (Å²) < 4.78 is 0. The average molecular weight is 352 g/mol. The first-order chi connectivity index (χ1) is 12.5. The lowest BCUT2D eigenvalue weighted by Crippen LogP contribution is -2.50. The first kappa shape index (κ1) is 18.1. The van der Waals surface area contributed by atoms with Gasteiger partial charge in [-0.3, -0.25) is 14.8 Å². The average Bonchev–Trinajstić information content (AvgIpc) is 3.00. The van der Waals surface area contributed by atoms with Crippen LogP contribution in [0.3, 0.4) is 0 Å². The number of aromatic amines is 1. The molecule has 1 amide bonds. The van der Waals surface area contributed by atoms with Crippen molar-refractivity contribution in [3.05, 3.63) is 52.3 Å². The van der Waals surface area contributed by atoms with Crippen molar-refractivity contribution in [1.29, 1.82) is 5.26 Å². The largest absolute Gasteiger partial charge is 0.338 e. The summed E-state index contributed by atoms with van der Waals surface area (Å²) in [7, 11) is 0. The normalized spacial score (nSPS) is 16.3. The molecule has 136 valence electrons. The lowest BCUT2D eigenvalue weighted by molar-refractivity contribution is -0.134. The molecule has 0 spiro atoms. The first-order valence-corrected chi connectivity index (χ1v) is 8.77. The predicted octanol–water partition coefficient (Wildman–Crippen LogP) is 1.24. The molecule has 2 aromatic rings. The highest BCUT2D eigenvalue weighted by Gasteiger charge is 2.29. The Morgan fingerprint density at radius 1 is 1.31 bits per heavy atom. The van der Waals surface area contributed by atoms with Crippen LogP contribution in [0.25, 0.3) is 0 Å². The lowest BCUT2D eigenvalue weighted by Gasteiger charge is -2.36. The van der Waals surface area contributed by atoms with Crippen molar-refractivity contribution in [3.63, 3.8) is 0 Å². The molecule has 1 aliphatic rings. The van der Waals surface area contributed by atoms with Crippen molar-refractivity contribution in [2.45, 2.75) is 26.4 Å². The van der Waals surface area contributed by atoms with Crippen molar-refractivity contribution in [2.24, 2.45) is 5.73 Å². The van der Waals surface area contributed by atoms with Crippen LogP contribution < -0.4 is 5.73 Å². The van der Waals surface area contributed by atoms with Crippen LogP contribution in [0, 0.1) is 25.2 Å². The number of amides is 1. The number of hydrogen-bond donors (Lipinski definition) is 2. The molecule has 1 saturated heterocycles. The maximum Gasteiger partial charge on any atom is 0.244 e. The first-order valence-electron chi connectivity index (χ1n) is 8.77. The number of nitrogens with one attached hydrogen (secondary N) is 1. The third kappa shape index (κ3) is 3.62. The molecule has 3 N–H and O–H groups in total. The standard InChI is InChI=1S/C19H24N6O/c1-13-17(14(2)23-22-13)18(21)19(26)25-9-7-24(8-10-25)12-16-6-4-3-5-15(16)11-20/h3-6,18H,7-10,12,21H2,1-2H3,(H,22,23)/t18-/m1/s1. The summed E-state index contributed by atoms with van der Waals surface area (Å²) in [6.45, 7) is 7.26. The highest BCUT2D eigenvalue weighted by atomic mass is 16.2. The number of nitriles is 1. The number of hydrogen-bond acceptors (Lipinski definition) is 5. The molecule has 26 heavy (non-hydrogen) atoms. The molecule has 3 rings (SSSR count). The molecule has 0 bridgehead atoms. The zero-order valence-corrected chi connectivity index (χ0v) is 15.2. The Bertz CT molecular complexity index is 809. The van der Waals surface area contributed by atoms with Crippen LogP contribution in [-0.2, 0) is 11.3 Å².